The van der Waals surface area contributed by atoms with Crippen LogP contribution >= 0.6 is 0 Å². The molecule has 0 radical (unpaired) electrons. The molecule has 1 saturated carbocycles. The fourth-order valence-corrected chi connectivity index (χ4v) is 7.09. The molecular formula is C17H32OSi. The molecule has 110 valence electrons. The van der Waals surface area contributed by atoms with Gasteiger partial charge < -0.3 is 4.43 Å². The van der Waals surface area contributed by atoms with E-state index in [2.05, 4.69) is 32.9 Å². The molecule has 0 N–H and O–H groups in total. The summed E-state index contributed by atoms with van der Waals surface area (Å²) in [5.41, 5.74) is 0.411. The highest BCUT2D eigenvalue weighted by molar-refractivity contribution is 6.73. The first-order valence-corrected chi connectivity index (χ1v) is 11.1. The highest BCUT2D eigenvalue weighted by atomic mass is 28.4. The van der Waals surface area contributed by atoms with Gasteiger partial charge in [-0.05, 0) is 56.7 Å². The molecule has 1 spiro atoms. The molecule has 1 nitrogen and oxygen atoms in total. The van der Waals surface area contributed by atoms with Crippen molar-refractivity contribution in [2.24, 2.45) is 5.41 Å². The molecule has 2 rings (SSSR count). The second-order valence-corrected chi connectivity index (χ2v) is 11.3. The summed E-state index contributed by atoms with van der Waals surface area (Å²) in [6.45, 7) is 7.05. The maximum absolute atomic E-state index is 6.88. The lowest BCUT2D eigenvalue weighted by Crippen LogP contribution is -2.44. The lowest BCUT2D eigenvalue weighted by molar-refractivity contribution is 0.0919. The highest BCUT2D eigenvalue weighted by Gasteiger charge is 2.45. The van der Waals surface area contributed by atoms with Gasteiger partial charge in [0.25, 0.3) is 0 Å². The topological polar surface area (TPSA) is 9.23 Å². The van der Waals surface area contributed by atoms with Crippen molar-refractivity contribution in [1.29, 1.82) is 0 Å². The van der Waals surface area contributed by atoms with E-state index < -0.39 is 8.32 Å². The zero-order valence-corrected chi connectivity index (χ0v) is 14.2. The Morgan fingerprint density at radius 2 is 1.74 bits per heavy atom. The third-order valence-electron chi connectivity index (χ3n) is 5.79. The van der Waals surface area contributed by atoms with E-state index in [-0.39, 0.29) is 0 Å². The van der Waals surface area contributed by atoms with Gasteiger partial charge in [0.05, 0.1) is 6.10 Å². The summed E-state index contributed by atoms with van der Waals surface area (Å²) in [7, 11) is -1.44. The minimum atomic E-state index is -1.44. The van der Waals surface area contributed by atoms with Crippen molar-refractivity contribution in [3.63, 3.8) is 0 Å². The second kappa shape index (κ2) is 6.58. The Kier molecular flexibility index (Phi) is 5.30. The zero-order chi connectivity index (χ0) is 13.8. The molecule has 2 aliphatic rings. The van der Waals surface area contributed by atoms with Crippen molar-refractivity contribution in [3.8, 4) is 0 Å². The Hall–Kier alpha value is -0.0831. The third-order valence-corrected chi connectivity index (χ3v) is 10.4. The first-order chi connectivity index (χ1) is 9.20. The molecule has 0 heterocycles. The first kappa shape index (κ1) is 15.3. The van der Waals surface area contributed by atoms with Crippen LogP contribution in [0.4, 0.5) is 0 Å². The molecule has 1 fully saturated rings. The van der Waals surface area contributed by atoms with E-state index in [9.17, 15) is 0 Å². The highest BCUT2D eigenvalue weighted by Crippen LogP contribution is 2.48. The van der Waals surface area contributed by atoms with Crippen LogP contribution in [0.5, 0.6) is 0 Å². The van der Waals surface area contributed by atoms with Crippen LogP contribution in [0, 0.1) is 5.41 Å². The van der Waals surface area contributed by atoms with E-state index >= 15 is 0 Å². The van der Waals surface area contributed by atoms with Crippen molar-refractivity contribution in [3.05, 3.63) is 12.2 Å². The van der Waals surface area contributed by atoms with E-state index in [4.69, 9.17) is 4.43 Å². The summed E-state index contributed by atoms with van der Waals surface area (Å²) in [5.74, 6) is 0. The van der Waals surface area contributed by atoms with Crippen molar-refractivity contribution < 1.29 is 4.43 Å². The molecule has 0 aromatic rings. The van der Waals surface area contributed by atoms with Crippen molar-refractivity contribution in [2.75, 3.05) is 0 Å². The van der Waals surface area contributed by atoms with Crippen LogP contribution in [0.15, 0.2) is 12.2 Å². The van der Waals surface area contributed by atoms with Gasteiger partial charge in [0, 0.05) is 5.41 Å². The van der Waals surface area contributed by atoms with Crippen LogP contribution in [0.25, 0.3) is 0 Å². The Morgan fingerprint density at radius 1 is 1.05 bits per heavy atom. The van der Waals surface area contributed by atoms with Crippen LogP contribution in [-0.4, -0.2) is 14.4 Å². The van der Waals surface area contributed by atoms with Crippen LogP contribution < -0.4 is 0 Å². The molecular weight excluding hydrogens is 248 g/mol. The van der Waals surface area contributed by atoms with Crippen LogP contribution in [0.1, 0.15) is 65.7 Å². The zero-order valence-electron chi connectivity index (χ0n) is 13.2. The molecule has 2 aliphatic carbocycles. The molecule has 2 heteroatoms. The summed E-state index contributed by atoms with van der Waals surface area (Å²) in [6.07, 6.45) is 15.0. The third kappa shape index (κ3) is 3.16. The molecule has 2 atom stereocenters. The summed E-state index contributed by atoms with van der Waals surface area (Å²) in [6, 6.07) is 3.86. The fraction of sp³-hybridized carbons (Fsp3) is 0.882. The van der Waals surface area contributed by atoms with Gasteiger partial charge in [-0.3, -0.25) is 0 Å². The minimum absolute atomic E-state index is 0.411. The van der Waals surface area contributed by atoms with Crippen LogP contribution in [0.2, 0.25) is 18.1 Å². The van der Waals surface area contributed by atoms with Crippen molar-refractivity contribution >= 4 is 8.32 Å². The van der Waals surface area contributed by atoms with Crippen LogP contribution in [-0.2, 0) is 4.43 Å². The van der Waals surface area contributed by atoms with Crippen LogP contribution in [0.3, 0.4) is 0 Å². The Morgan fingerprint density at radius 3 is 2.42 bits per heavy atom. The van der Waals surface area contributed by atoms with Crippen molar-refractivity contribution in [2.45, 2.75) is 90.0 Å². The molecule has 0 aromatic carbocycles. The smallest absolute Gasteiger partial charge is 0.192 e. The largest absolute Gasteiger partial charge is 0.413 e. The summed E-state index contributed by atoms with van der Waals surface area (Å²) in [5, 5.41) is 0. The average Bonchev–Trinajstić information content (AvgIpc) is 2.66. The number of rotatable bonds is 5. The monoisotopic (exact) mass is 280 g/mol. The first-order valence-electron chi connectivity index (χ1n) is 8.56. The van der Waals surface area contributed by atoms with E-state index in [0.29, 0.717) is 11.5 Å². The molecule has 0 bridgehead atoms. The predicted molar refractivity (Wildman–Crippen MR) is 86.0 cm³/mol. The quantitative estimate of drug-likeness (QED) is 0.465. The van der Waals surface area contributed by atoms with Gasteiger partial charge in [0.1, 0.15) is 0 Å². The SMILES string of the molecule is CC[Si](CC)(CC)O[C@H]1CCC[C@@]12C=CCCCC2. The van der Waals surface area contributed by atoms with Gasteiger partial charge in [0.15, 0.2) is 8.32 Å². The molecule has 0 saturated heterocycles. The molecule has 0 amide bonds. The molecule has 0 unspecified atom stereocenters. The second-order valence-electron chi connectivity index (χ2n) is 6.62. The van der Waals surface area contributed by atoms with Crippen molar-refractivity contribution in [1.82, 2.24) is 0 Å². The number of hydrogen-bond donors (Lipinski definition) is 0. The van der Waals surface area contributed by atoms with E-state index in [0.717, 1.165) is 0 Å². The van der Waals surface area contributed by atoms with Gasteiger partial charge >= 0.3 is 0 Å². The summed E-state index contributed by atoms with van der Waals surface area (Å²) in [4.78, 5) is 0. The average molecular weight is 281 g/mol. The summed E-state index contributed by atoms with van der Waals surface area (Å²) >= 11 is 0. The van der Waals surface area contributed by atoms with E-state index in [1.807, 2.05) is 0 Å². The van der Waals surface area contributed by atoms with Gasteiger partial charge in [-0.25, -0.2) is 0 Å². The lowest BCUT2D eigenvalue weighted by Gasteiger charge is -2.39. The maximum Gasteiger partial charge on any atom is 0.192 e. The van der Waals surface area contributed by atoms with E-state index in [1.165, 1.54) is 63.1 Å². The summed E-state index contributed by atoms with van der Waals surface area (Å²) < 4.78 is 6.88. The number of hydrogen-bond acceptors (Lipinski definition) is 1. The predicted octanol–water partition coefficient (Wildman–Crippen LogP) is 5.68. The molecule has 0 aliphatic heterocycles. The minimum Gasteiger partial charge on any atom is -0.413 e. The standard InChI is InChI=1S/C17H32OSi/c1-4-19(5-2,6-3)18-16-12-11-15-17(16)13-9-7-8-10-14-17/h9,13,16H,4-8,10-12,14-15H2,1-3H3/t16-,17-/m0/s1. The van der Waals surface area contributed by atoms with E-state index in [1.54, 1.807) is 0 Å². The fourth-order valence-electron chi connectivity index (χ4n) is 4.14. The van der Waals surface area contributed by atoms with Gasteiger partial charge in [-0.2, -0.15) is 0 Å². The molecule has 19 heavy (non-hydrogen) atoms. The number of allylic oxidation sites excluding steroid dienone is 1. The Balaban J connectivity index is 2.14. The Labute approximate surface area is 120 Å². The Bertz CT molecular complexity index is 300. The maximum atomic E-state index is 6.88. The lowest BCUT2D eigenvalue weighted by atomic mass is 9.80. The molecule has 0 aromatic heterocycles. The normalized spacial score (nSPS) is 31.8. The van der Waals surface area contributed by atoms with Gasteiger partial charge in [0.2, 0.25) is 0 Å². The van der Waals surface area contributed by atoms with Gasteiger partial charge in [-0.15, -0.1) is 0 Å². The van der Waals surface area contributed by atoms with Gasteiger partial charge in [-0.1, -0.05) is 39.3 Å².